The van der Waals surface area contributed by atoms with E-state index in [2.05, 4.69) is 19.2 Å². The van der Waals surface area contributed by atoms with Gasteiger partial charge >= 0.3 is 0 Å². The van der Waals surface area contributed by atoms with Gasteiger partial charge in [0.1, 0.15) is 0 Å². The monoisotopic (exact) mass is 237 g/mol. The summed E-state index contributed by atoms with van der Waals surface area (Å²) >= 11 is 0. The zero-order chi connectivity index (χ0) is 12.7. The van der Waals surface area contributed by atoms with E-state index in [9.17, 15) is 0 Å². The van der Waals surface area contributed by atoms with Gasteiger partial charge in [0.05, 0.1) is 6.61 Å². The second-order valence-corrected chi connectivity index (χ2v) is 4.72. The third-order valence-corrected chi connectivity index (χ3v) is 3.37. The van der Waals surface area contributed by atoms with Gasteiger partial charge in [-0.2, -0.15) is 0 Å². The molecule has 0 amide bonds. The van der Waals surface area contributed by atoms with Crippen LogP contribution in [0.3, 0.4) is 0 Å². The first-order chi connectivity index (χ1) is 8.13. The molecular formula is C14H23NO2. The molecule has 0 aliphatic rings. The van der Waals surface area contributed by atoms with Crippen molar-refractivity contribution in [1.82, 2.24) is 5.32 Å². The number of aliphatic hydroxyl groups excluding tert-OH is 2. The van der Waals surface area contributed by atoms with E-state index in [1.807, 2.05) is 24.3 Å². The number of hydrogen-bond acceptors (Lipinski definition) is 3. The fraction of sp³-hybridized carbons (Fsp3) is 0.571. The summed E-state index contributed by atoms with van der Waals surface area (Å²) in [5, 5.41) is 21.5. The molecule has 1 rings (SSSR count). The maximum absolute atomic E-state index is 9.03. The van der Waals surface area contributed by atoms with Crippen LogP contribution in [-0.4, -0.2) is 22.4 Å². The smallest absolute Gasteiger partial charge is 0.0681 e. The summed E-state index contributed by atoms with van der Waals surface area (Å²) in [6.07, 6.45) is 1.75. The van der Waals surface area contributed by atoms with Gasteiger partial charge in [0, 0.05) is 18.7 Å². The molecule has 0 spiro atoms. The second kappa shape index (κ2) is 6.74. The summed E-state index contributed by atoms with van der Waals surface area (Å²) in [5.41, 5.74) is 2.12. The van der Waals surface area contributed by atoms with Crippen LogP contribution in [0.4, 0.5) is 0 Å². The fourth-order valence-electron chi connectivity index (χ4n) is 1.71. The predicted molar refractivity (Wildman–Crippen MR) is 69.6 cm³/mol. The van der Waals surface area contributed by atoms with E-state index in [4.69, 9.17) is 10.2 Å². The van der Waals surface area contributed by atoms with E-state index in [-0.39, 0.29) is 18.8 Å². The van der Waals surface area contributed by atoms with Gasteiger partial charge in [-0.25, -0.2) is 0 Å². The summed E-state index contributed by atoms with van der Waals surface area (Å²) in [5.74, 6) is 0. The Bertz CT molecular complexity index is 323. The molecule has 0 saturated carbocycles. The van der Waals surface area contributed by atoms with E-state index in [1.54, 1.807) is 0 Å². The molecule has 3 heteroatoms. The van der Waals surface area contributed by atoms with Gasteiger partial charge in [-0.1, -0.05) is 31.2 Å². The van der Waals surface area contributed by atoms with Crippen molar-refractivity contribution >= 4 is 0 Å². The van der Waals surface area contributed by atoms with Gasteiger partial charge in [-0.05, 0) is 30.9 Å². The molecule has 0 aromatic heterocycles. The van der Waals surface area contributed by atoms with E-state index < -0.39 is 0 Å². The lowest BCUT2D eigenvalue weighted by molar-refractivity contribution is 0.214. The van der Waals surface area contributed by atoms with Gasteiger partial charge < -0.3 is 15.5 Å². The molecule has 0 heterocycles. The Hall–Kier alpha value is -0.900. The summed E-state index contributed by atoms with van der Waals surface area (Å²) < 4.78 is 0. The van der Waals surface area contributed by atoms with E-state index in [0.717, 1.165) is 24.9 Å². The fourth-order valence-corrected chi connectivity index (χ4v) is 1.71. The molecule has 1 unspecified atom stereocenters. The van der Waals surface area contributed by atoms with Crippen LogP contribution in [0.15, 0.2) is 24.3 Å². The Labute approximate surface area is 103 Å². The van der Waals surface area contributed by atoms with Gasteiger partial charge in [-0.3, -0.25) is 0 Å². The van der Waals surface area contributed by atoms with Gasteiger partial charge in [0.2, 0.25) is 0 Å². The lowest BCUT2D eigenvalue weighted by atomic mass is 9.94. The minimum absolute atomic E-state index is 0.00952. The summed E-state index contributed by atoms with van der Waals surface area (Å²) in [6.45, 7) is 5.34. The minimum Gasteiger partial charge on any atom is -0.396 e. The maximum Gasteiger partial charge on any atom is 0.0681 e. The Morgan fingerprint density at radius 3 is 2.18 bits per heavy atom. The topological polar surface area (TPSA) is 52.5 Å². The average Bonchev–Trinajstić information content (AvgIpc) is 2.37. The van der Waals surface area contributed by atoms with E-state index >= 15 is 0 Å². The van der Waals surface area contributed by atoms with Crippen LogP contribution in [0.2, 0.25) is 0 Å². The first-order valence-corrected chi connectivity index (χ1v) is 6.18. The van der Waals surface area contributed by atoms with Crippen molar-refractivity contribution in [2.75, 3.05) is 6.61 Å². The summed E-state index contributed by atoms with van der Waals surface area (Å²) in [4.78, 5) is 0. The second-order valence-electron chi connectivity index (χ2n) is 4.72. The molecule has 0 fully saturated rings. The Kier molecular flexibility index (Phi) is 5.62. The van der Waals surface area contributed by atoms with Gasteiger partial charge in [0.25, 0.3) is 0 Å². The molecule has 1 atom stereocenters. The van der Waals surface area contributed by atoms with Crippen LogP contribution in [0.25, 0.3) is 0 Å². The molecule has 1 aromatic carbocycles. The minimum atomic E-state index is -0.00952. The normalized spacial score (nSPS) is 14.6. The molecule has 0 bridgehead atoms. The molecule has 0 aliphatic carbocycles. The highest BCUT2D eigenvalue weighted by atomic mass is 16.3. The molecule has 3 nitrogen and oxygen atoms in total. The number of rotatable bonds is 7. The highest BCUT2D eigenvalue weighted by Crippen LogP contribution is 2.15. The zero-order valence-electron chi connectivity index (χ0n) is 10.7. The van der Waals surface area contributed by atoms with Crippen LogP contribution < -0.4 is 5.32 Å². The largest absolute Gasteiger partial charge is 0.396 e. The zero-order valence-corrected chi connectivity index (χ0v) is 10.7. The van der Waals surface area contributed by atoms with Crippen molar-refractivity contribution in [3.8, 4) is 0 Å². The van der Waals surface area contributed by atoms with Crippen molar-refractivity contribution in [2.24, 2.45) is 0 Å². The molecule has 17 heavy (non-hydrogen) atoms. The predicted octanol–water partition coefficient (Wildman–Crippen LogP) is 1.82. The van der Waals surface area contributed by atoms with E-state index in [0.29, 0.717) is 0 Å². The molecule has 96 valence electrons. The number of hydrogen-bond donors (Lipinski definition) is 3. The van der Waals surface area contributed by atoms with Crippen molar-refractivity contribution in [3.05, 3.63) is 35.4 Å². The molecule has 1 aromatic rings. The molecule has 0 aliphatic heterocycles. The SMILES string of the molecule is CCC(C)(CCO)NCc1ccc(CO)cc1. The number of aliphatic hydroxyl groups is 2. The molecule has 0 radical (unpaired) electrons. The molecule has 0 saturated heterocycles. The summed E-state index contributed by atoms with van der Waals surface area (Å²) in [6, 6.07) is 7.92. The summed E-state index contributed by atoms with van der Waals surface area (Å²) in [7, 11) is 0. The Morgan fingerprint density at radius 2 is 1.71 bits per heavy atom. The highest BCUT2D eigenvalue weighted by Gasteiger charge is 2.19. The average molecular weight is 237 g/mol. The standard InChI is InChI=1S/C14H23NO2/c1-3-14(2,8-9-16)15-10-12-4-6-13(11-17)7-5-12/h4-7,15-17H,3,8-11H2,1-2H3. The van der Waals surface area contributed by atoms with Crippen LogP contribution >= 0.6 is 0 Å². The van der Waals surface area contributed by atoms with Gasteiger partial charge in [0.15, 0.2) is 0 Å². The quantitative estimate of drug-likeness (QED) is 0.678. The van der Waals surface area contributed by atoms with Crippen LogP contribution in [0, 0.1) is 0 Å². The first-order valence-electron chi connectivity index (χ1n) is 6.18. The van der Waals surface area contributed by atoms with Gasteiger partial charge in [-0.15, -0.1) is 0 Å². The first kappa shape index (κ1) is 14.2. The third kappa shape index (κ3) is 4.46. The van der Waals surface area contributed by atoms with Crippen LogP contribution in [0.1, 0.15) is 37.8 Å². The highest BCUT2D eigenvalue weighted by molar-refractivity contribution is 5.22. The van der Waals surface area contributed by atoms with E-state index in [1.165, 1.54) is 5.56 Å². The number of nitrogens with one attached hydrogen (secondary N) is 1. The van der Waals surface area contributed by atoms with Crippen LogP contribution in [0.5, 0.6) is 0 Å². The Morgan fingerprint density at radius 1 is 1.12 bits per heavy atom. The lowest BCUT2D eigenvalue weighted by Crippen LogP contribution is -2.42. The Balaban J connectivity index is 2.53. The molecular weight excluding hydrogens is 214 g/mol. The number of benzene rings is 1. The van der Waals surface area contributed by atoms with Crippen molar-refractivity contribution in [1.29, 1.82) is 0 Å². The van der Waals surface area contributed by atoms with Crippen LogP contribution in [-0.2, 0) is 13.2 Å². The third-order valence-electron chi connectivity index (χ3n) is 3.37. The maximum atomic E-state index is 9.03. The lowest BCUT2D eigenvalue weighted by Gasteiger charge is -2.29. The van der Waals surface area contributed by atoms with Crippen molar-refractivity contribution in [2.45, 2.75) is 45.4 Å². The molecule has 3 N–H and O–H groups in total. The van der Waals surface area contributed by atoms with Crippen molar-refractivity contribution < 1.29 is 10.2 Å². The van der Waals surface area contributed by atoms with Crippen molar-refractivity contribution in [3.63, 3.8) is 0 Å².